The Kier molecular flexibility index (Phi) is 4.74. The second kappa shape index (κ2) is 6.96. The second-order valence-corrected chi connectivity index (χ2v) is 6.24. The first-order valence-electron chi connectivity index (χ1n) is 8.25. The van der Waals surface area contributed by atoms with Crippen molar-refractivity contribution in [3.63, 3.8) is 0 Å². The second-order valence-electron chi connectivity index (χ2n) is 6.24. The lowest BCUT2D eigenvalue weighted by atomic mass is 9.82. The minimum atomic E-state index is -0.979. The van der Waals surface area contributed by atoms with Crippen molar-refractivity contribution >= 4 is 17.8 Å². The molecule has 25 heavy (non-hydrogen) atoms. The third-order valence-corrected chi connectivity index (χ3v) is 4.75. The number of carbonyl (C=O) groups excluding carboxylic acids is 2. The van der Waals surface area contributed by atoms with Crippen LogP contribution in [0.3, 0.4) is 0 Å². The number of amides is 2. The Hall–Kier alpha value is -2.83. The van der Waals surface area contributed by atoms with E-state index in [9.17, 15) is 19.5 Å². The monoisotopic (exact) mass is 344 g/mol. The zero-order chi connectivity index (χ0) is 18.0. The summed E-state index contributed by atoms with van der Waals surface area (Å²) in [6.45, 7) is 2.33. The van der Waals surface area contributed by atoms with Gasteiger partial charge in [-0.05, 0) is 43.4 Å². The number of hydrazine groups is 1. The number of hydrogen-bond acceptors (Lipinski definition) is 4. The Bertz CT molecular complexity index is 730. The largest absolute Gasteiger partial charge is 0.494 e. The van der Waals surface area contributed by atoms with Gasteiger partial charge in [-0.2, -0.15) is 0 Å². The minimum absolute atomic E-state index is 0.0933. The molecule has 1 aromatic carbocycles. The zero-order valence-electron chi connectivity index (χ0n) is 13.8. The Balaban J connectivity index is 1.62. The van der Waals surface area contributed by atoms with Gasteiger partial charge in [0.2, 0.25) is 5.91 Å². The number of ether oxygens (including phenoxy) is 1. The van der Waals surface area contributed by atoms with Gasteiger partial charge in [-0.3, -0.25) is 25.2 Å². The van der Waals surface area contributed by atoms with Gasteiger partial charge in [-0.25, -0.2) is 0 Å². The van der Waals surface area contributed by atoms with Crippen LogP contribution in [0.2, 0.25) is 0 Å². The maximum atomic E-state index is 12.4. The molecular formula is C18H20N2O5. The molecule has 0 heterocycles. The van der Waals surface area contributed by atoms with Crippen molar-refractivity contribution in [1.29, 1.82) is 0 Å². The van der Waals surface area contributed by atoms with Gasteiger partial charge in [-0.15, -0.1) is 0 Å². The highest BCUT2D eigenvalue weighted by molar-refractivity contribution is 5.96. The van der Waals surface area contributed by atoms with E-state index in [1.54, 1.807) is 24.3 Å². The van der Waals surface area contributed by atoms with E-state index in [1.807, 2.05) is 19.1 Å². The molecule has 1 aromatic rings. The molecule has 0 aromatic heterocycles. The molecule has 7 nitrogen and oxygen atoms in total. The van der Waals surface area contributed by atoms with E-state index in [1.165, 1.54) is 0 Å². The van der Waals surface area contributed by atoms with Gasteiger partial charge in [0.15, 0.2) is 0 Å². The van der Waals surface area contributed by atoms with Crippen LogP contribution in [0.15, 0.2) is 36.4 Å². The van der Waals surface area contributed by atoms with Crippen LogP contribution in [0.1, 0.15) is 23.7 Å². The van der Waals surface area contributed by atoms with Crippen molar-refractivity contribution in [2.75, 3.05) is 6.61 Å². The molecule has 2 aliphatic rings. The summed E-state index contributed by atoms with van der Waals surface area (Å²) in [5, 5.41) is 9.38. The molecule has 7 heteroatoms. The molecule has 2 amide bonds. The smallest absolute Gasteiger partial charge is 0.307 e. The number of hydrogen-bond donors (Lipinski definition) is 3. The van der Waals surface area contributed by atoms with Gasteiger partial charge in [0.25, 0.3) is 5.91 Å². The summed E-state index contributed by atoms with van der Waals surface area (Å²) in [6, 6.07) is 6.59. The predicted octanol–water partition coefficient (Wildman–Crippen LogP) is 1.37. The van der Waals surface area contributed by atoms with E-state index in [2.05, 4.69) is 10.9 Å². The minimum Gasteiger partial charge on any atom is -0.494 e. The summed E-state index contributed by atoms with van der Waals surface area (Å²) < 4.78 is 5.34. The van der Waals surface area contributed by atoms with Crippen LogP contribution in [0.25, 0.3) is 0 Å². The third-order valence-electron chi connectivity index (χ3n) is 4.75. The first-order valence-corrected chi connectivity index (χ1v) is 8.25. The predicted molar refractivity (Wildman–Crippen MR) is 88.6 cm³/mol. The molecule has 0 aliphatic heterocycles. The van der Waals surface area contributed by atoms with Crippen LogP contribution in [0.4, 0.5) is 0 Å². The quantitative estimate of drug-likeness (QED) is 0.553. The molecule has 0 saturated heterocycles. The molecule has 1 saturated carbocycles. The number of fused-ring (bicyclic) bond motifs is 2. The fraction of sp³-hybridized carbons (Fsp3) is 0.389. The maximum absolute atomic E-state index is 12.4. The molecule has 0 radical (unpaired) electrons. The lowest BCUT2D eigenvalue weighted by Gasteiger charge is -2.23. The molecule has 132 valence electrons. The standard InChI is InChI=1S/C18H20N2O5/c1-2-25-13-5-3-4-12(9-13)16(21)19-20-17(22)14-10-6-7-11(8-10)15(14)18(23)24/h3-7,9-11,14-15H,2,8H2,1H3,(H,19,21)(H,20,22)(H,23,24)/t10-,11+,14+,15-/m0/s1. The average Bonchev–Trinajstić information content (AvgIpc) is 3.21. The van der Waals surface area contributed by atoms with Crippen molar-refractivity contribution in [2.24, 2.45) is 23.7 Å². The molecule has 4 atom stereocenters. The first-order chi connectivity index (χ1) is 12.0. The Morgan fingerprint density at radius 2 is 1.88 bits per heavy atom. The van der Waals surface area contributed by atoms with E-state index in [-0.39, 0.29) is 11.8 Å². The van der Waals surface area contributed by atoms with Crippen molar-refractivity contribution in [3.05, 3.63) is 42.0 Å². The van der Waals surface area contributed by atoms with Crippen LogP contribution >= 0.6 is 0 Å². The number of carboxylic acid groups (broad SMARTS) is 1. The van der Waals surface area contributed by atoms with E-state index >= 15 is 0 Å². The van der Waals surface area contributed by atoms with Crippen molar-refractivity contribution in [3.8, 4) is 5.75 Å². The molecule has 0 unspecified atom stereocenters. The number of carboxylic acids is 1. The van der Waals surface area contributed by atoms with Gasteiger partial charge in [0, 0.05) is 5.56 Å². The highest BCUT2D eigenvalue weighted by Gasteiger charge is 2.51. The van der Waals surface area contributed by atoms with Crippen molar-refractivity contribution in [2.45, 2.75) is 13.3 Å². The lowest BCUT2D eigenvalue weighted by Crippen LogP contribution is -2.48. The summed E-state index contributed by atoms with van der Waals surface area (Å²) >= 11 is 0. The Morgan fingerprint density at radius 3 is 2.56 bits per heavy atom. The normalized spacial score (nSPS) is 26.3. The van der Waals surface area contributed by atoms with Crippen LogP contribution in [-0.2, 0) is 9.59 Å². The summed E-state index contributed by atoms with van der Waals surface area (Å²) in [6.07, 6.45) is 4.42. The van der Waals surface area contributed by atoms with E-state index < -0.39 is 29.6 Å². The summed E-state index contributed by atoms with van der Waals surface area (Å²) in [4.78, 5) is 36.0. The van der Waals surface area contributed by atoms with Crippen LogP contribution in [0.5, 0.6) is 5.75 Å². The third kappa shape index (κ3) is 3.35. The number of benzene rings is 1. The van der Waals surface area contributed by atoms with E-state index in [0.29, 0.717) is 24.3 Å². The van der Waals surface area contributed by atoms with Gasteiger partial charge in [0.05, 0.1) is 18.4 Å². The SMILES string of the molecule is CCOc1cccc(C(=O)NNC(=O)[C@H]2[C@@H](C(=O)O)[C@@H]3C=C[C@H]2C3)c1. The van der Waals surface area contributed by atoms with Crippen molar-refractivity contribution < 1.29 is 24.2 Å². The number of aliphatic carboxylic acids is 1. The lowest BCUT2D eigenvalue weighted by molar-refractivity contribution is -0.148. The molecule has 1 fully saturated rings. The van der Waals surface area contributed by atoms with Crippen LogP contribution in [0, 0.1) is 23.7 Å². The Morgan fingerprint density at radius 1 is 1.16 bits per heavy atom. The molecule has 2 aliphatic carbocycles. The number of allylic oxidation sites excluding steroid dienone is 2. The van der Waals surface area contributed by atoms with Gasteiger partial charge >= 0.3 is 5.97 Å². The molecule has 0 spiro atoms. The fourth-order valence-corrected chi connectivity index (χ4v) is 3.68. The number of nitrogens with one attached hydrogen (secondary N) is 2. The van der Waals surface area contributed by atoms with Crippen LogP contribution < -0.4 is 15.6 Å². The van der Waals surface area contributed by atoms with Crippen molar-refractivity contribution in [1.82, 2.24) is 10.9 Å². The summed E-state index contributed by atoms with van der Waals surface area (Å²) in [7, 11) is 0. The van der Waals surface area contributed by atoms with Gasteiger partial charge in [0.1, 0.15) is 5.75 Å². The topological polar surface area (TPSA) is 105 Å². The molecule has 3 rings (SSSR count). The molecular weight excluding hydrogens is 324 g/mol. The highest BCUT2D eigenvalue weighted by atomic mass is 16.5. The van der Waals surface area contributed by atoms with E-state index in [0.717, 1.165) is 0 Å². The van der Waals surface area contributed by atoms with Gasteiger partial charge in [-0.1, -0.05) is 18.2 Å². The molecule has 2 bridgehead atoms. The number of rotatable bonds is 5. The Labute approximate surface area is 145 Å². The molecule has 3 N–H and O–H groups in total. The summed E-state index contributed by atoms with van der Waals surface area (Å²) in [5.41, 5.74) is 5.06. The zero-order valence-corrected chi connectivity index (χ0v) is 13.8. The summed E-state index contributed by atoms with van der Waals surface area (Å²) in [5.74, 6) is -2.99. The van der Waals surface area contributed by atoms with Gasteiger partial charge < -0.3 is 9.84 Å². The fourth-order valence-electron chi connectivity index (χ4n) is 3.68. The number of carbonyl (C=O) groups is 3. The first kappa shape index (κ1) is 17.0. The average molecular weight is 344 g/mol. The van der Waals surface area contributed by atoms with Crippen LogP contribution in [-0.4, -0.2) is 29.5 Å². The van der Waals surface area contributed by atoms with E-state index in [4.69, 9.17) is 4.74 Å². The highest BCUT2D eigenvalue weighted by Crippen LogP contribution is 2.48. The maximum Gasteiger partial charge on any atom is 0.307 e.